The topological polar surface area (TPSA) is 118 Å². The molecule has 28 heavy (non-hydrogen) atoms. The fourth-order valence-electron chi connectivity index (χ4n) is 2.64. The lowest BCUT2D eigenvalue weighted by Crippen LogP contribution is -2.52. The molecule has 0 saturated carbocycles. The molecular weight excluding hydrogens is 404 g/mol. The number of carbonyl (C=O) groups is 2. The number of ether oxygens (including phenoxy) is 1. The van der Waals surface area contributed by atoms with E-state index in [1.54, 1.807) is 35.8 Å². The fourth-order valence-corrected chi connectivity index (χ4v) is 5.33. The minimum atomic E-state index is -3.72. The molecule has 1 aliphatic rings. The highest BCUT2D eigenvalue weighted by atomic mass is 32.2. The first-order chi connectivity index (χ1) is 13.5. The van der Waals surface area contributed by atoms with Gasteiger partial charge in [0.1, 0.15) is 10.4 Å². The molecule has 2 aromatic rings. The first-order valence-corrected chi connectivity index (χ1v) is 10.9. The third kappa shape index (κ3) is 4.93. The molecule has 0 spiro atoms. The van der Waals surface area contributed by atoms with E-state index in [9.17, 15) is 18.0 Å². The molecule has 1 fully saturated rings. The van der Waals surface area contributed by atoms with Gasteiger partial charge < -0.3 is 15.4 Å². The number of sulfonamides is 1. The highest BCUT2D eigenvalue weighted by molar-refractivity contribution is 7.91. The van der Waals surface area contributed by atoms with Crippen molar-refractivity contribution < 1.29 is 22.7 Å². The molecule has 2 N–H and O–H groups in total. The maximum atomic E-state index is 12.8. The van der Waals surface area contributed by atoms with E-state index in [4.69, 9.17) is 4.74 Å². The summed E-state index contributed by atoms with van der Waals surface area (Å²) in [5.41, 5.74) is 0.618. The summed E-state index contributed by atoms with van der Waals surface area (Å²) >= 11 is 1.12. The summed E-state index contributed by atoms with van der Waals surface area (Å²) in [5, 5.41) is 6.58. The van der Waals surface area contributed by atoms with Crippen molar-refractivity contribution in [2.75, 3.05) is 19.7 Å². The van der Waals surface area contributed by atoms with Crippen LogP contribution >= 0.6 is 11.3 Å². The second kappa shape index (κ2) is 9.24. The van der Waals surface area contributed by atoms with Crippen molar-refractivity contribution in [3.05, 3.63) is 47.6 Å². The fraction of sp³-hybridized carbons (Fsp3) is 0.353. The second-order valence-corrected chi connectivity index (χ2v) is 9.01. The Balaban J connectivity index is 1.55. The lowest BCUT2D eigenvalue weighted by Gasteiger charge is -2.34. The average Bonchev–Trinajstić information content (AvgIpc) is 3.27. The Labute approximate surface area is 166 Å². The molecule has 9 nitrogen and oxygen atoms in total. The summed E-state index contributed by atoms with van der Waals surface area (Å²) in [7, 11) is -3.72. The molecule has 3 heterocycles. The van der Waals surface area contributed by atoms with Crippen LogP contribution in [0.4, 0.5) is 0 Å². The minimum absolute atomic E-state index is 0.117. The summed E-state index contributed by atoms with van der Waals surface area (Å²) in [4.78, 5) is 28.0. The van der Waals surface area contributed by atoms with Crippen LogP contribution in [0.15, 0.2) is 46.1 Å². The van der Waals surface area contributed by atoms with E-state index in [0.29, 0.717) is 18.7 Å². The Morgan fingerprint density at radius 1 is 1.21 bits per heavy atom. The maximum absolute atomic E-state index is 12.8. The molecule has 150 valence electrons. The Morgan fingerprint density at radius 3 is 2.75 bits per heavy atom. The van der Waals surface area contributed by atoms with Crippen molar-refractivity contribution in [1.29, 1.82) is 0 Å². The highest BCUT2D eigenvalue weighted by Crippen LogP contribution is 2.25. The standard InChI is InChI=1S/C17H20N4O5S2/c22-16(19-11-13-5-1-2-7-18-13)17(23)20-12-14-21(8-4-9-26-14)28(24,25)15-6-3-10-27-15/h1-3,5-7,10,14H,4,8-9,11-12H2,(H,19,22)(H,20,23)/t14-/m0/s1. The zero-order valence-corrected chi connectivity index (χ0v) is 16.5. The van der Waals surface area contributed by atoms with E-state index in [-0.39, 0.29) is 23.8 Å². The van der Waals surface area contributed by atoms with Gasteiger partial charge in [0.15, 0.2) is 0 Å². The number of hydrogen-bond acceptors (Lipinski definition) is 7. The predicted molar refractivity (Wildman–Crippen MR) is 102 cm³/mol. The van der Waals surface area contributed by atoms with E-state index in [0.717, 1.165) is 11.3 Å². The lowest BCUT2D eigenvalue weighted by molar-refractivity contribution is -0.140. The molecule has 11 heteroatoms. The number of thiophene rings is 1. The zero-order valence-electron chi connectivity index (χ0n) is 14.9. The number of nitrogens with one attached hydrogen (secondary N) is 2. The summed E-state index contributed by atoms with van der Waals surface area (Å²) in [6.07, 6.45) is 1.28. The Kier molecular flexibility index (Phi) is 6.73. The van der Waals surface area contributed by atoms with Crippen LogP contribution in [0.2, 0.25) is 0 Å². The van der Waals surface area contributed by atoms with Gasteiger partial charge in [0, 0.05) is 12.7 Å². The molecule has 0 unspecified atom stereocenters. The summed E-state index contributed by atoms with van der Waals surface area (Å²) in [5.74, 6) is -1.69. The highest BCUT2D eigenvalue weighted by Gasteiger charge is 2.35. The molecule has 0 bridgehead atoms. The number of carbonyl (C=O) groups excluding carboxylic acids is 2. The largest absolute Gasteiger partial charge is 0.360 e. The van der Waals surface area contributed by atoms with Crippen molar-refractivity contribution in [1.82, 2.24) is 19.9 Å². The van der Waals surface area contributed by atoms with Gasteiger partial charge in [-0.05, 0) is 30.0 Å². The van der Waals surface area contributed by atoms with Crippen molar-refractivity contribution >= 4 is 33.2 Å². The molecule has 0 aromatic carbocycles. The number of hydrogen-bond donors (Lipinski definition) is 2. The van der Waals surface area contributed by atoms with E-state index in [2.05, 4.69) is 15.6 Å². The van der Waals surface area contributed by atoms with Crippen molar-refractivity contribution in [3.63, 3.8) is 0 Å². The summed E-state index contributed by atoms with van der Waals surface area (Å²) < 4.78 is 32.5. The third-order valence-corrected chi connectivity index (χ3v) is 7.27. The van der Waals surface area contributed by atoms with Crippen LogP contribution in [0.1, 0.15) is 12.1 Å². The quantitative estimate of drug-likeness (QED) is 0.645. The van der Waals surface area contributed by atoms with Gasteiger partial charge in [0.25, 0.3) is 10.0 Å². The first kappa shape index (κ1) is 20.4. The van der Waals surface area contributed by atoms with Gasteiger partial charge in [0.05, 0.1) is 25.4 Å². The smallest absolute Gasteiger partial charge is 0.309 e. The summed E-state index contributed by atoms with van der Waals surface area (Å²) in [6, 6.07) is 8.43. The van der Waals surface area contributed by atoms with Crippen molar-refractivity contribution in [3.8, 4) is 0 Å². The van der Waals surface area contributed by atoms with E-state index in [1.165, 1.54) is 10.4 Å². The minimum Gasteiger partial charge on any atom is -0.360 e. The number of rotatable bonds is 6. The van der Waals surface area contributed by atoms with Gasteiger partial charge in [-0.2, -0.15) is 4.31 Å². The van der Waals surface area contributed by atoms with Crippen LogP contribution in [0.3, 0.4) is 0 Å². The van der Waals surface area contributed by atoms with E-state index >= 15 is 0 Å². The normalized spacial score (nSPS) is 17.8. The molecule has 1 atom stereocenters. The molecule has 0 aliphatic carbocycles. The number of amides is 2. The predicted octanol–water partition coefficient (Wildman–Crippen LogP) is 0.313. The van der Waals surface area contributed by atoms with Gasteiger partial charge in [-0.3, -0.25) is 14.6 Å². The molecule has 2 aromatic heterocycles. The van der Waals surface area contributed by atoms with Crippen LogP contribution in [0.5, 0.6) is 0 Å². The van der Waals surface area contributed by atoms with Crippen LogP contribution in [-0.4, -0.2) is 55.4 Å². The molecule has 1 aliphatic heterocycles. The van der Waals surface area contributed by atoms with Gasteiger partial charge in [-0.25, -0.2) is 8.42 Å². The average molecular weight is 425 g/mol. The monoisotopic (exact) mass is 424 g/mol. The third-order valence-electron chi connectivity index (χ3n) is 4.01. The lowest BCUT2D eigenvalue weighted by atomic mass is 10.3. The van der Waals surface area contributed by atoms with Crippen molar-refractivity contribution in [2.45, 2.75) is 23.4 Å². The number of nitrogens with zero attached hydrogens (tertiary/aromatic N) is 2. The zero-order chi connectivity index (χ0) is 20.0. The number of aromatic nitrogens is 1. The molecule has 3 rings (SSSR count). The first-order valence-electron chi connectivity index (χ1n) is 8.61. The molecule has 0 radical (unpaired) electrons. The SMILES string of the molecule is O=C(NCc1ccccn1)C(=O)NC[C@@H]1OCCCN1S(=O)(=O)c1cccs1. The van der Waals surface area contributed by atoms with Crippen LogP contribution in [0, 0.1) is 0 Å². The second-order valence-electron chi connectivity index (χ2n) is 5.94. The van der Waals surface area contributed by atoms with Crippen LogP contribution in [0.25, 0.3) is 0 Å². The number of pyridine rings is 1. The Hall–Kier alpha value is -2.34. The van der Waals surface area contributed by atoms with Crippen molar-refractivity contribution in [2.24, 2.45) is 0 Å². The van der Waals surface area contributed by atoms with Crippen LogP contribution < -0.4 is 10.6 Å². The van der Waals surface area contributed by atoms with Gasteiger partial charge in [0.2, 0.25) is 0 Å². The van der Waals surface area contributed by atoms with Gasteiger partial charge in [-0.1, -0.05) is 12.1 Å². The maximum Gasteiger partial charge on any atom is 0.309 e. The Bertz CT molecular complexity index is 903. The molecular formula is C17H20N4O5S2. The Morgan fingerprint density at radius 2 is 2.04 bits per heavy atom. The van der Waals surface area contributed by atoms with Gasteiger partial charge in [-0.15, -0.1) is 11.3 Å². The van der Waals surface area contributed by atoms with Crippen LogP contribution in [-0.2, 0) is 30.9 Å². The van der Waals surface area contributed by atoms with E-state index in [1.807, 2.05) is 0 Å². The van der Waals surface area contributed by atoms with Gasteiger partial charge >= 0.3 is 11.8 Å². The molecule has 2 amide bonds. The van der Waals surface area contributed by atoms with E-state index < -0.39 is 28.1 Å². The summed E-state index contributed by atoms with van der Waals surface area (Å²) in [6.45, 7) is 0.655. The molecule has 1 saturated heterocycles.